The largest absolute Gasteiger partial charge is 0.342 e. The topological polar surface area (TPSA) is 72.7 Å². The van der Waals surface area contributed by atoms with Crippen molar-refractivity contribution in [2.24, 2.45) is 5.92 Å². The van der Waals surface area contributed by atoms with Crippen LogP contribution in [-0.2, 0) is 6.54 Å². The highest BCUT2D eigenvalue weighted by Crippen LogP contribution is 2.40. The summed E-state index contributed by atoms with van der Waals surface area (Å²) in [6.45, 7) is 2.77. The lowest BCUT2D eigenvalue weighted by Gasteiger charge is -2.18. The number of aryl methyl sites for hydroxylation is 1. The number of pyridine rings is 1. The van der Waals surface area contributed by atoms with Crippen molar-refractivity contribution in [3.63, 3.8) is 0 Å². The lowest BCUT2D eigenvalue weighted by atomic mass is 10.1. The van der Waals surface area contributed by atoms with Gasteiger partial charge in [-0.2, -0.15) is 5.10 Å². The van der Waals surface area contributed by atoms with Gasteiger partial charge in [0.15, 0.2) is 0 Å². The lowest BCUT2D eigenvalue weighted by Crippen LogP contribution is -2.32. The number of hydrogen-bond acceptors (Lipinski definition) is 5. The van der Waals surface area contributed by atoms with Gasteiger partial charge in [-0.15, -0.1) is 11.8 Å². The van der Waals surface area contributed by atoms with Crippen LogP contribution in [0.3, 0.4) is 0 Å². The van der Waals surface area contributed by atoms with Crippen LogP contribution in [0.15, 0.2) is 29.7 Å². The maximum Gasteiger partial charge on any atom is 0.254 e. The Kier molecular flexibility index (Phi) is 4.42. The number of thioether (sulfide) groups is 1. The Bertz CT molecular complexity index is 667. The summed E-state index contributed by atoms with van der Waals surface area (Å²) in [6, 6.07) is 3.52. The molecule has 1 aliphatic carbocycles. The van der Waals surface area contributed by atoms with Gasteiger partial charge in [0.25, 0.3) is 5.91 Å². The van der Waals surface area contributed by atoms with Gasteiger partial charge in [0, 0.05) is 12.7 Å². The standard InChI is InChI=1S/C15H19N5OS/c1-3-20-13(17-9-18-20)12(10-6-7-10)19-14(21)11-5-4-8-16-15(11)22-2/h4-5,8-10,12H,3,6-7H2,1-2H3,(H,19,21)/t12-/m0/s1. The SMILES string of the molecule is CCn1ncnc1[C@@H](NC(=O)c1cccnc1SC)C1CC1. The third-order valence-electron chi connectivity index (χ3n) is 3.81. The highest BCUT2D eigenvalue weighted by Gasteiger charge is 2.36. The highest BCUT2D eigenvalue weighted by atomic mass is 32.2. The van der Waals surface area contributed by atoms with Crippen LogP contribution >= 0.6 is 11.8 Å². The van der Waals surface area contributed by atoms with Crippen molar-refractivity contribution < 1.29 is 4.79 Å². The van der Waals surface area contributed by atoms with E-state index in [4.69, 9.17) is 0 Å². The summed E-state index contributed by atoms with van der Waals surface area (Å²) >= 11 is 1.47. The molecule has 1 saturated carbocycles. The fourth-order valence-corrected chi connectivity index (χ4v) is 3.07. The minimum atomic E-state index is -0.0972. The number of carbonyl (C=O) groups excluding carboxylic acids is 1. The molecule has 2 aromatic heterocycles. The number of rotatable bonds is 6. The Morgan fingerprint density at radius 3 is 3.00 bits per heavy atom. The molecule has 0 aromatic carbocycles. The molecule has 3 rings (SSSR count). The summed E-state index contributed by atoms with van der Waals surface area (Å²) in [5.41, 5.74) is 0.614. The highest BCUT2D eigenvalue weighted by molar-refractivity contribution is 7.98. The molecule has 1 fully saturated rings. The van der Waals surface area contributed by atoms with Crippen molar-refractivity contribution in [3.8, 4) is 0 Å². The van der Waals surface area contributed by atoms with Gasteiger partial charge in [-0.05, 0) is 44.1 Å². The molecule has 1 aliphatic rings. The summed E-state index contributed by atoms with van der Waals surface area (Å²) in [7, 11) is 0. The molecule has 1 N–H and O–H groups in total. The average molecular weight is 317 g/mol. The van der Waals surface area contributed by atoms with Gasteiger partial charge in [0.05, 0.1) is 11.6 Å². The smallest absolute Gasteiger partial charge is 0.254 e. The molecule has 0 bridgehead atoms. The molecular weight excluding hydrogens is 298 g/mol. The van der Waals surface area contributed by atoms with Crippen LogP contribution in [0.1, 0.15) is 42.0 Å². The second-order valence-corrected chi connectivity index (χ2v) is 6.08. The van der Waals surface area contributed by atoms with E-state index < -0.39 is 0 Å². The number of carbonyl (C=O) groups is 1. The van der Waals surface area contributed by atoms with Gasteiger partial charge in [0.2, 0.25) is 0 Å². The van der Waals surface area contributed by atoms with Crippen molar-refractivity contribution >= 4 is 17.7 Å². The molecule has 0 radical (unpaired) electrons. The normalized spacial score (nSPS) is 15.5. The summed E-state index contributed by atoms with van der Waals surface area (Å²) < 4.78 is 1.85. The van der Waals surface area contributed by atoms with Crippen LogP contribution in [0.25, 0.3) is 0 Å². The van der Waals surface area contributed by atoms with E-state index in [1.54, 1.807) is 18.6 Å². The molecular formula is C15H19N5OS. The van der Waals surface area contributed by atoms with Crippen LogP contribution in [0, 0.1) is 5.92 Å². The molecule has 0 spiro atoms. The van der Waals surface area contributed by atoms with Crippen LogP contribution in [0.4, 0.5) is 0 Å². The zero-order chi connectivity index (χ0) is 15.5. The monoisotopic (exact) mass is 317 g/mol. The van der Waals surface area contributed by atoms with Gasteiger partial charge in [0.1, 0.15) is 17.2 Å². The first-order chi connectivity index (χ1) is 10.7. The van der Waals surface area contributed by atoms with Gasteiger partial charge in [-0.1, -0.05) is 0 Å². The molecule has 7 heteroatoms. The average Bonchev–Trinajstić information content (AvgIpc) is 3.29. The Balaban J connectivity index is 1.84. The Labute approximate surface area is 133 Å². The number of hydrogen-bond donors (Lipinski definition) is 1. The predicted octanol–water partition coefficient (Wildman–Crippen LogP) is 2.30. The minimum Gasteiger partial charge on any atom is -0.342 e. The molecule has 0 unspecified atom stereocenters. The predicted molar refractivity (Wildman–Crippen MR) is 84.6 cm³/mol. The van der Waals surface area contributed by atoms with E-state index in [9.17, 15) is 4.79 Å². The van der Waals surface area contributed by atoms with Crippen molar-refractivity contribution in [3.05, 3.63) is 36.0 Å². The van der Waals surface area contributed by atoms with Gasteiger partial charge in [-0.25, -0.2) is 14.6 Å². The molecule has 116 valence electrons. The van der Waals surface area contributed by atoms with Gasteiger partial charge >= 0.3 is 0 Å². The van der Waals surface area contributed by atoms with E-state index >= 15 is 0 Å². The number of aromatic nitrogens is 4. The lowest BCUT2D eigenvalue weighted by molar-refractivity contribution is 0.0924. The molecule has 0 aliphatic heterocycles. The molecule has 1 atom stereocenters. The van der Waals surface area contributed by atoms with E-state index in [2.05, 4.69) is 20.4 Å². The first kappa shape index (κ1) is 15.0. The van der Waals surface area contributed by atoms with Crippen LogP contribution < -0.4 is 5.32 Å². The van der Waals surface area contributed by atoms with E-state index in [0.717, 1.165) is 30.2 Å². The van der Waals surface area contributed by atoms with Crippen LogP contribution in [-0.4, -0.2) is 31.9 Å². The van der Waals surface area contributed by atoms with E-state index in [1.807, 2.05) is 23.9 Å². The van der Waals surface area contributed by atoms with E-state index in [0.29, 0.717) is 11.5 Å². The molecule has 22 heavy (non-hydrogen) atoms. The van der Waals surface area contributed by atoms with Crippen molar-refractivity contribution in [2.75, 3.05) is 6.26 Å². The first-order valence-corrected chi connectivity index (χ1v) is 8.64. The third-order valence-corrected chi connectivity index (χ3v) is 4.52. The van der Waals surface area contributed by atoms with Gasteiger partial charge < -0.3 is 5.32 Å². The van der Waals surface area contributed by atoms with Crippen molar-refractivity contribution in [2.45, 2.75) is 37.4 Å². The van der Waals surface area contributed by atoms with Crippen molar-refractivity contribution in [1.82, 2.24) is 25.1 Å². The zero-order valence-corrected chi connectivity index (χ0v) is 13.5. The summed E-state index contributed by atoms with van der Waals surface area (Å²) in [4.78, 5) is 21.2. The fraction of sp³-hybridized carbons (Fsp3) is 0.467. The Hall–Kier alpha value is -1.89. The second-order valence-electron chi connectivity index (χ2n) is 5.28. The van der Waals surface area contributed by atoms with E-state index in [-0.39, 0.29) is 11.9 Å². The zero-order valence-electron chi connectivity index (χ0n) is 12.7. The van der Waals surface area contributed by atoms with E-state index in [1.165, 1.54) is 11.8 Å². The summed E-state index contributed by atoms with van der Waals surface area (Å²) in [5, 5.41) is 8.09. The number of nitrogens with one attached hydrogen (secondary N) is 1. The summed E-state index contributed by atoms with van der Waals surface area (Å²) in [6.07, 6.45) is 7.41. The molecule has 1 amide bonds. The molecule has 2 heterocycles. The molecule has 0 saturated heterocycles. The van der Waals surface area contributed by atoms with Crippen LogP contribution in [0.5, 0.6) is 0 Å². The maximum atomic E-state index is 12.6. The van der Waals surface area contributed by atoms with Crippen LogP contribution in [0.2, 0.25) is 0 Å². The Morgan fingerprint density at radius 2 is 2.32 bits per heavy atom. The van der Waals surface area contributed by atoms with Gasteiger partial charge in [-0.3, -0.25) is 4.79 Å². The maximum absolute atomic E-state index is 12.6. The molecule has 6 nitrogen and oxygen atoms in total. The number of amides is 1. The third kappa shape index (κ3) is 2.99. The number of nitrogens with zero attached hydrogens (tertiary/aromatic N) is 4. The fourth-order valence-electron chi connectivity index (χ4n) is 2.53. The second kappa shape index (κ2) is 6.48. The van der Waals surface area contributed by atoms with Crippen molar-refractivity contribution in [1.29, 1.82) is 0 Å². The summed E-state index contributed by atoms with van der Waals surface area (Å²) in [5.74, 6) is 1.20. The molecule has 2 aromatic rings. The Morgan fingerprint density at radius 1 is 1.50 bits per heavy atom. The quantitative estimate of drug-likeness (QED) is 0.828. The first-order valence-electron chi connectivity index (χ1n) is 7.42. The minimum absolute atomic E-state index is 0.0788.